The van der Waals surface area contributed by atoms with E-state index < -0.39 is 58.8 Å². The number of benzene rings is 1. The Morgan fingerprint density at radius 1 is 0.960 bits per heavy atom. The fraction of sp³-hybridized carbons (Fsp3) is 0.700. The monoisotopic (exact) mass is 696 g/mol. The number of nitrogens with zero attached hydrogens (tertiary/aromatic N) is 2. The van der Waals surface area contributed by atoms with Crippen molar-refractivity contribution in [1.82, 2.24) is 9.80 Å². The number of Topliss-reactive ketones (excluding diaryl/α,β-unsaturated/α-hetero) is 4. The van der Waals surface area contributed by atoms with Crippen LogP contribution >= 0.6 is 0 Å². The predicted molar refractivity (Wildman–Crippen MR) is 187 cm³/mol. The highest BCUT2D eigenvalue weighted by atomic mass is 19.1. The molecule has 5 atom stereocenters. The number of ketones is 4. The zero-order valence-corrected chi connectivity index (χ0v) is 31.3. The summed E-state index contributed by atoms with van der Waals surface area (Å²) in [7, 11) is 0. The molecule has 1 saturated heterocycles. The van der Waals surface area contributed by atoms with Gasteiger partial charge in [0.2, 0.25) is 11.7 Å². The number of carbonyl (C=O) groups is 6. The van der Waals surface area contributed by atoms with E-state index in [9.17, 15) is 33.2 Å². The lowest BCUT2D eigenvalue weighted by Crippen LogP contribution is -2.49. The van der Waals surface area contributed by atoms with Gasteiger partial charge in [-0.1, -0.05) is 73.9 Å². The summed E-state index contributed by atoms with van der Waals surface area (Å²) in [5.41, 5.74) is 0.234. The molecule has 1 saturated carbocycles. The second-order valence-electron chi connectivity index (χ2n) is 17.2. The van der Waals surface area contributed by atoms with Crippen molar-refractivity contribution in [3.8, 4) is 0 Å². The summed E-state index contributed by atoms with van der Waals surface area (Å²) >= 11 is 0. The molecule has 9 nitrogen and oxygen atoms in total. The Balaban J connectivity index is 1.63. The molecule has 1 aliphatic carbocycles. The van der Waals surface area contributed by atoms with Gasteiger partial charge in [-0.15, -0.1) is 0 Å². The molecule has 2 amide bonds. The van der Waals surface area contributed by atoms with Gasteiger partial charge in [0.15, 0.2) is 11.6 Å². The second-order valence-corrected chi connectivity index (χ2v) is 17.2. The summed E-state index contributed by atoms with van der Waals surface area (Å²) in [6, 6.07) is 3.71. The molecule has 10 heteroatoms. The maximum atomic E-state index is 14.6. The van der Waals surface area contributed by atoms with Gasteiger partial charge in [-0.2, -0.15) is 0 Å². The second kappa shape index (κ2) is 15.9. The molecule has 276 valence electrons. The Morgan fingerprint density at radius 3 is 2.20 bits per heavy atom. The number of rotatable bonds is 15. The van der Waals surface area contributed by atoms with Crippen LogP contribution in [0.3, 0.4) is 0 Å². The molecular formula is C40H57FN2O7. The Labute approximate surface area is 297 Å². The van der Waals surface area contributed by atoms with E-state index in [1.54, 1.807) is 12.1 Å². The highest BCUT2D eigenvalue weighted by molar-refractivity contribution is 6.38. The normalized spacial score (nSPS) is 21.8. The van der Waals surface area contributed by atoms with Crippen LogP contribution in [0.15, 0.2) is 18.2 Å². The van der Waals surface area contributed by atoms with Crippen molar-refractivity contribution in [2.45, 2.75) is 138 Å². The average molecular weight is 697 g/mol. The first-order chi connectivity index (χ1) is 23.3. The smallest absolute Gasteiger partial charge is 0.410 e. The number of hydrogen-bond donors (Lipinski definition) is 0. The van der Waals surface area contributed by atoms with E-state index in [0.717, 1.165) is 12.8 Å². The van der Waals surface area contributed by atoms with Crippen molar-refractivity contribution >= 4 is 35.1 Å². The number of ether oxygens (including phenoxy) is 1. The van der Waals surface area contributed by atoms with Crippen LogP contribution in [-0.4, -0.2) is 63.6 Å². The summed E-state index contributed by atoms with van der Waals surface area (Å²) in [5, 5.41) is 0. The molecule has 2 fully saturated rings. The van der Waals surface area contributed by atoms with Gasteiger partial charge in [0.25, 0.3) is 0 Å². The zero-order chi connectivity index (χ0) is 37.1. The number of carbonyl (C=O) groups excluding carboxylic acids is 6. The van der Waals surface area contributed by atoms with Crippen molar-refractivity contribution in [3.63, 3.8) is 0 Å². The van der Waals surface area contributed by atoms with Crippen LogP contribution in [0.25, 0.3) is 0 Å². The number of fused-ring (bicyclic) bond motifs is 1. The van der Waals surface area contributed by atoms with E-state index in [1.807, 2.05) is 55.4 Å². The molecule has 0 unspecified atom stereocenters. The summed E-state index contributed by atoms with van der Waals surface area (Å²) < 4.78 is 20.5. The van der Waals surface area contributed by atoms with Gasteiger partial charge < -0.3 is 9.64 Å². The number of hydrogen-bond acceptors (Lipinski definition) is 7. The van der Waals surface area contributed by atoms with Gasteiger partial charge in [0.05, 0.1) is 19.1 Å². The molecule has 50 heavy (non-hydrogen) atoms. The minimum atomic E-state index is -1.01. The first kappa shape index (κ1) is 39.4. The van der Waals surface area contributed by atoms with Crippen LogP contribution in [-0.2, 0) is 41.8 Å². The third kappa shape index (κ3) is 9.66. The standard InChI is InChI=1S/C40H57FN2O7/c1-9-12-25(36(47)33(46)17-24-15-16-24)18-32(45)35-28(10-2)34(50-38(49)42-21-26-13-11-14-31(41)29(26)22-42)23-43(35)37(48)30(40(6,7)8)19-27(44)20-39(3,4)5/h11,13-14,24-25,28,30,34-35H,9-10,12,15-23H2,1-8H3/t25-,28-,30-,34+,35+/m1/s1. The van der Waals surface area contributed by atoms with E-state index in [4.69, 9.17) is 4.74 Å². The summed E-state index contributed by atoms with van der Waals surface area (Å²) in [5.74, 6) is -4.01. The van der Waals surface area contributed by atoms with E-state index >= 15 is 0 Å². The highest BCUT2D eigenvalue weighted by Gasteiger charge is 2.52. The predicted octanol–water partition coefficient (Wildman–Crippen LogP) is 7.26. The third-order valence-electron chi connectivity index (χ3n) is 10.5. The molecule has 2 heterocycles. The maximum absolute atomic E-state index is 14.6. The highest BCUT2D eigenvalue weighted by Crippen LogP contribution is 2.39. The van der Waals surface area contributed by atoms with Gasteiger partial charge in [0.1, 0.15) is 17.7 Å². The lowest BCUT2D eigenvalue weighted by molar-refractivity contribution is -0.147. The van der Waals surface area contributed by atoms with Gasteiger partial charge in [0, 0.05) is 55.5 Å². The fourth-order valence-electron chi connectivity index (χ4n) is 7.65. The van der Waals surface area contributed by atoms with Gasteiger partial charge >= 0.3 is 6.09 Å². The minimum absolute atomic E-state index is 0.00245. The lowest BCUT2D eigenvalue weighted by atomic mass is 9.75. The van der Waals surface area contributed by atoms with Crippen LogP contribution in [0.1, 0.15) is 124 Å². The lowest BCUT2D eigenvalue weighted by Gasteiger charge is -2.36. The molecular weight excluding hydrogens is 639 g/mol. The summed E-state index contributed by atoms with van der Waals surface area (Å²) in [6.45, 7) is 15.5. The van der Waals surface area contributed by atoms with Crippen molar-refractivity contribution < 1.29 is 37.9 Å². The average Bonchev–Trinajstić information content (AvgIpc) is 3.58. The number of halogens is 1. The Morgan fingerprint density at radius 2 is 1.64 bits per heavy atom. The summed E-state index contributed by atoms with van der Waals surface area (Å²) in [6.07, 6.45) is 2.02. The van der Waals surface area contributed by atoms with Crippen LogP contribution in [0, 0.1) is 40.3 Å². The Hall–Kier alpha value is -3.43. The topological polar surface area (TPSA) is 118 Å². The van der Waals surface area contributed by atoms with Gasteiger partial charge in [-0.05, 0) is 54.1 Å². The van der Waals surface area contributed by atoms with Crippen LogP contribution in [0.2, 0.25) is 0 Å². The zero-order valence-electron chi connectivity index (χ0n) is 31.3. The van der Waals surface area contributed by atoms with E-state index in [2.05, 4.69) is 0 Å². The van der Waals surface area contributed by atoms with E-state index in [1.165, 1.54) is 15.9 Å². The van der Waals surface area contributed by atoms with Gasteiger partial charge in [-0.3, -0.25) is 28.9 Å². The quantitative estimate of drug-likeness (QED) is 0.177. The first-order valence-electron chi connectivity index (χ1n) is 18.5. The number of likely N-dealkylation sites (tertiary alicyclic amines) is 1. The fourth-order valence-corrected chi connectivity index (χ4v) is 7.65. The van der Waals surface area contributed by atoms with Crippen molar-refractivity contribution in [2.24, 2.45) is 34.5 Å². The molecule has 1 aromatic carbocycles. The molecule has 0 bridgehead atoms. The van der Waals surface area contributed by atoms with Crippen LogP contribution in [0.4, 0.5) is 9.18 Å². The number of amides is 2. The SMILES string of the molecule is CCC[C@H](CC(=O)[C@@H]1[C@H](CC)[C@@H](OC(=O)N2Cc3cccc(F)c3C2)CN1C(=O)[C@@H](CC(=O)CC(C)(C)C)C(C)(C)C)C(=O)C(=O)CC1CC1. The van der Waals surface area contributed by atoms with Crippen LogP contribution < -0.4 is 0 Å². The minimum Gasteiger partial charge on any atom is -0.444 e. The molecule has 1 aromatic rings. The molecule has 0 N–H and O–H groups in total. The Bertz CT molecular complexity index is 1470. The van der Waals surface area contributed by atoms with Crippen molar-refractivity contribution in [3.05, 3.63) is 35.1 Å². The molecule has 3 aliphatic rings. The molecule has 0 radical (unpaired) electrons. The van der Waals surface area contributed by atoms with Gasteiger partial charge in [-0.25, -0.2) is 9.18 Å². The maximum Gasteiger partial charge on any atom is 0.410 e. The molecule has 0 spiro atoms. The largest absolute Gasteiger partial charge is 0.444 e. The third-order valence-corrected chi connectivity index (χ3v) is 10.5. The first-order valence-corrected chi connectivity index (χ1v) is 18.5. The van der Waals surface area contributed by atoms with E-state index in [-0.39, 0.29) is 67.7 Å². The molecule has 2 aliphatic heterocycles. The molecule has 4 rings (SSSR count). The van der Waals surface area contributed by atoms with Crippen molar-refractivity contribution in [1.29, 1.82) is 0 Å². The molecule has 0 aromatic heterocycles. The van der Waals surface area contributed by atoms with Crippen molar-refractivity contribution in [2.75, 3.05) is 6.54 Å². The summed E-state index contributed by atoms with van der Waals surface area (Å²) in [4.78, 5) is 85.0. The Kier molecular flexibility index (Phi) is 12.5. The van der Waals surface area contributed by atoms with E-state index in [0.29, 0.717) is 36.8 Å². The van der Waals surface area contributed by atoms with Crippen LogP contribution in [0.5, 0.6) is 0 Å².